The number of benzene rings is 1. The maximum Gasteiger partial charge on any atom is 0.305 e. The van der Waals surface area contributed by atoms with Gasteiger partial charge in [-0.15, -0.1) is 0 Å². The van der Waals surface area contributed by atoms with Gasteiger partial charge in [0.15, 0.2) is 5.78 Å². The monoisotopic (exact) mass is 249 g/mol. The predicted octanol–water partition coefficient (Wildman–Crippen LogP) is 1.72. The Kier molecular flexibility index (Phi) is 4.59. The second-order valence-corrected chi connectivity index (χ2v) is 3.92. The zero-order chi connectivity index (χ0) is 13.7. The first-order valence-electron chi connectivity index (χ1n) is 5.52. The molecule has 0 spiro atoms. The molecule has 0 bridgehead atoms. The molecule has 1 N–H and O–H groups in total. The van der Waals surface area contributed by atoms with Gasteiger partial charge in [0, 0.05) is 24.7 Å². The van der Waals surface area contributed by atoms with Crippen LogP contribution in [0.3, 0.4) is 0 Å². The van der Waals surface area contributed by atoms with E-state index in [1.54, 1.807) is 24.3 Å². The van der Waals surface area contributed by atoms with E-state index in [0.29, 0.717) is 11.3 Å². The minimum atomic E-state index is -0.957. The molecule has 5 nitrogen and oxygen atoms in total. The van der Waals surface area contributed by atoms with Crippen LogP contribution in [-0.4, -0.2) is 29.3 Å². The predicted molar refractivity (Wildman–Crippen MR) is 66.7 cm³/mol. The minimum Gasteiger partial charge on any atom is -0.481 e. The Balaban J connectivity index is 2.89. The Morgan fingerprint density at radius 1 is 1.11 bits per heavy atom. The van der Waals surface area contributed by atoms with Crippen LogP contribution in [0.25, 0.3) is 0 Å². The molecular formula is C13H15NO4. The average molecular weight is 249 g/mol. The average Bonchev–Trinajstić information content (AvgIpc) is 2.29. The molecule has 1 aromatic carbocycles. The largest absolute Gasteiger partial charge is 0.481 e. The number of anilines is 1. The van der Waals surface area contributed by atoms with Crippen molar-refractivity contribution in [2.24, 2.45) is 0 Å². The van der Waals surface area contributed by atoms with Crippen molar-refractivity contribution in [3.8, 4) is 0 Å². The number of carbonyl (C=O) groups is 3. The van der Waals surface area contributed by atoms with Crippen LogP contribution < -0.4 is 4.90 Å². The molecule has 0 atom stereocenters. The first-order chi connectivity index (χ1) is 8.41. The molecule has 0 fully saturated rings. The standard InChI is InChI=1S/C13H15NO4/c1-9(15)11-3-5-12(6-4-11)14(10(2)16)8-7-13(17)18/h3-6H,7-8H2,1-2H3,(H,17,18). The fourth-order valence-electron chi connectivity index (χ4n) is 1.55. The number of hydrogen-bond acceptors (Lipinski definition) is 3. The molecule has 1 rings (SSSR count). The van der Waals surface area contributed by atoms with Gasteiger partial charge in [0.2, 0.25) is 5.91 Å². The van der Waals surface area contributed by atoms with Crippen LogP contribution in [0.4, 0.5) is 5.69 Å². The molecule has 0 unspecified atom stereocenters. The number of nitrogens with zero attached hydrogens (tertiary/aromatic N) is 1. The smallest absolute Gasteiger partial charge is 0.305 e. The van der Waals surface area contributed by atoms with Crippen LogP contribution in [-0.2, 0) is 9.59 Å². The second-order valence-electron chi connectivity index (χ2n) is 3.92. The van der Waals surface area contributed by atoms with Crippen molar-refractivity contribution in [1.82, 2.24) is 0 Å². The molecular weight excluding hydrogens is 234 g/mol. The van der Waals surface area contributed by atoms with Gasteiger partial charge in [0.05, 0.1) is 6.42 Å². The number of carbonyl (C=O) groups excluding carboxylic acids is 2. The topological polar surface area (TPSA) is 74.7 Å². The molecule has 0 aromatic heterocycles. The highest BCUT2D eigenvalue weighted by Gasteiger charge is 2.13. The lowest BCUT2D eigenvalue weighted by Gasteiger charge is -2.20. The Labute approximate surface area is 105 Å². The lowest BCUT2D eigenvalue weighted by atomic mass is 10.1. The van der Waals surface area contributed by atoms with Crippen LogP contribution in [0.1, 0.15) is 30.6 Å². The van der Waals surface area contributed by atoms with Gasteiger partial charge in [0.1, 0.15) is 0 Å². The summed E-state index contributed by atoms with van der Waals surface area (Å²) in [5.74, 6) is -1.24. The number of carboxylic acid groups (broad SMARTS) is 1. The summed E-state index contributed by atoms with van der Waals surface area (Å²) >= 11 is 0. The molecule has 0 saturated heterocycles. The maximum atomic E-state index is 11.4. The van der Waals surface area contributed by atoms with E-state index in [0.717, 1.165) is 0 Å². The SMILES string of the molecule is CC(=O)c1ccc(N(CCC(=O)O)C(C)=O)cc1. The van der Waals surface area contributed by atoms with E-state index in [1.807, 2.05) is 0 Å². The van der Waals surface area contributed by atoms with Crippen LogP contribution >= 0.6 is 0 Å². The van der Waals surface area contributed by atoms with Crippen molar-refractivity contribution in [2.45, 2.75) is 20.3 Å². The summed E-state index contributed by atoms with van der Waals surface area (Å²) in [5, 5.41) is 8.63. The van der Waals surface area contributed by atoms with Crippen LogP contribution in [0, 0.1) is 0 Å². The zero-order valence-electron chi connectivity index (χ0n) is 10.3. The molecule has 0 heterocycles. The van der Waals surface area contributed by atoms with Crippen molar-refractivity contribution in [2.75, 3.05) is 11.4 Å². The number of hydrogen-bond donors (Lipinski definition) is 1. The molecule has 0 aliphatic carbocycles. The summed E-state index contributed by atoms with van der Waals surface area (Å²) in [7, 11) is 0. The zero-order valence-corrected chi connectivity index (χ0v) is 10.3. The van der Waals surface area contributed by atoms with Gasteiger partial charge in [-0.3, -0.25) is 14.4 Å². The normalized spacial score (nSPS) is 9.89. The van der Waals surface area contributed by atoms with Gasteiger partial charge in [-0.05, 0) is 31.2 Å². The fourth-order valence-corrected chi connectivity index (χ4v) is 1.55. The highest BCUT2D eigenvalue weighted by Crippen LogP contribution is 2.16. The first kappa shape index (κ1) is 13.9. The third kappa shape index (κ3) is 3.69. The lowest BCUT2D eigenvalue weighted by molar-refractivity contribution is -0.136. The Morgan fingerprint density at radius 2 is 1.67 bits per heavy atom. The molecule has 0 aliphatic heterocycles. The van der Waals surface area contributed by atoms with E-state index in [9.17, 15) is 14.4 Å². The van der Waals surface area contributed by atoms with Gasteiger partial charge < -0.3 is 10.0 Å². The van der Waals surface area contributed by atoms with E-state index in [2.05, 4.69) is 0 Å². The molecule has 96 valence electrons. The number of Topliss-reactive ketones (excluding diaryl/α,β-unsaturated/α-hetero) is 1. The summed E-state index contributed by atoms with van der Waals surface area (Å²) in [6.07, 6.45) is -0.117. The number of ketones is 1. The van der Waals surface area contributed by atoms with Crippen LogP contribution in [0.5, 0.6) is 0 Å². The molecule has 0 aliphatic rings. The van der Waals surface area contributed by atoms with Crippen LogP contribution in [0.15, 0.2) is 24.3 Å². The van der Waals surface area contributed by atoms with Crippen LogP contribution in [0.2, 0.25) is 0 Å². The van der Waals surface area contributed by atoms with E-state index in [4.69, 9.17) is 5.11 Å². The summed E-state index contributed by atoms with van der Waals surface area (Å²) < 4.78 is 0. The van der Waals surface area contributed by atoms with Crippen molar-refractivity contribution < 1.29 is 19.5 Å². The molecule has 1 amide bonds. The van der Waals surface area contributed by atoms with Gasteiger partial charge >= 0.3 is 5.97 Å². The van der Waals surface area contributed by atoms with E-state index >= 15 is 0 Å². The number of aliphatic carboxylic acids is 1. The molecule has 1 aromatic rings. The van der Waals surface area contributed by atoms with Gasteiger partial charge in [-0.25, -0.2) is 0 Å². The minimum absolute atomic E-state index is 0.0542. The van der Waals surface area contributed by atoms with Gasteiger partial charge in [-0.2, -0.15) is 0 Å². The second kappa shape index (κ2) is 5.95. The third-order valence-electron chi connectivity index (χ3n) is 2.51. The summed E-state index contributed by atoms with van der Waals surface area (Å²) in [6.45, 7) is 2.95. The number of amides is 1. The number of carboxylic acids is 1. The summed E-state index contributed by atoms with van der Waals surface area (Å²) in [4.78, 5) is 34.5. The van der Waals surface area contributed by atoms with Crippen molar-refractivity contribution in [1.29, 1.82) is 0 Å². The highest BCUT2D eigenvalue weighted by molar-refractivity contribution is 5.96. The molecule has 0 saturated carbocycles. The Bertz CT molecular complexity index is 464. The van der Waals surface area contributed by atoms with E-state index < -0.39 is 5.97 Å². The molecule has 18 heavy (non-hydrogen) atoms. The van der Waals surface area contributed by atoms with Gasteiger partial charge in [-0.1, -0.05) is 0 Å². The molecule has 5 heteroatoms. The van der Waals surface area contributed by atoms with E-state index in [-0.39, 0.29) is 24.7 Å². The third-order valence-corrected chi connectivity index (χ3v) is 2.51. The quantitative estimate of drug-likeness (QED) is 0.806. The van der Waals surface area contributed by atoms with Crippen molar-refractivity contribution in [3.05, 3.63) is 29.8 Å². The lowest BCUT2D eigenvalue weighted by Crippen LogP contribution is -2.30. The van der Waals surface area contributed by atoms with Crippen molar-refractivity contribution >= 4 is 23.3 Å². The highest BCUT2D eigenvalue weighted by atomic mass is 16.4. The fraction of sp³-hybridized carbons (Fsp3) is 0.308. The molecule has 0 radical (unpaired) electrons. The van der Waals surface area contributed by atoms with Gasteiger partial charge in [0.25, 0.3) is 0 Å². The Hall–Kier alpha value is -2.17. The summed E-state index contributed by atoms with van der Waals surface area (Å²) in [6, 6.07) is 6.52. The first-order valence-corrected chi connectivity index (χ1v) is 5.52. The Morgan fingerprint density at radius 3 is 2.06 bits per heavy atom. The summed E-state index contributed by atoms with van der Waals surface area (Å²) in [5.41, 5.74) is 1.15. The maximum absolute atomic E-state index is 11.4. The van der Waals surface area contributed by atoms with E-state index in [1.165, 1.54) is 18.7 Å². The van der Waals surface area contributed by atoms with Crippen molar-refractivity contribution in [3.63, 3.8) is 0 Å². The number of rotatable bonds is 5.